The molecule has 1 aromatic rings. The second kappa shape index (κ2) is 5.21. The molecule has 1 aromatic carbocycles. The van der Waals surface area contributed by atoms with Gasteiger partial charge in [0.1, 0.15) is 0 Å². The Labute approximate surface area is 114 Å². The number of carbonyl (C=O) groups excluding carboxylic acids is 1. The predicted octanol–water partition coefficient (Wildman–Crippen LogP) is 1.81. The zero-order valence-corrected chi connectivity index (χ0v) is 11.4. The summed E-state index contributed by atoms with van der Waals surface area (Å²) >= 11 is 0. The molecule has 2 atom stereocenters. The Balaban J connectivity index is 1.74. The molecule has 2 aliphatic heterocycles. The molecular formula is C15H21N3O. The van der Waals surface area contributed by atoms with E-state index in [1.807, 2.05) is 17.0 Å². The number of benzene rings is 1. The SMILES string of the molecule is Cc1ccccc1C1CN(C2CCCNC2)C(=O)N1. The van der Waals surface area contributed by atoms with Crippen LogP contribution in [0.15, 0.2) is 24.3 Å². The zero-order valence-electron chi connectivity index (χ0n) is 11.4. The third-order valence-electron chi connectivity index (χ3n) is 4.21. The zero-order chi connectivity index (χ0) is 13.2. The highest BCUT2D eigenvalue weighted by molar-refractivity contribution is 5.77. The van der Waals surface area contributed by atoms with Crippen molar-refractivity contribution in [1.29, 1.82) is 0 Å². The van der Waals surface area contributed by atoms with Crippen LogP contribution in [0, 0.1) is 6.92 Å². The van der Waals surface area contributed by atoms with Gasteiger partial charge in [-0.25, -0.2) is 4.79 Å². The maximum atomic E-state index is 12.2. The van der Waals surface area contributed by atoms with Crippen molar-refractivity contribution in [3.8, 4) is 0 Å². The van der Waals surface area contributed by atoms with E-state index < -0.39 is 0 Å². The third kappa shape index (κ3) is 2.45. The van der Waals surface area contributed by atoms with Crippen LogP contribution < -0.4 is 10.6 Å². The minimum absolute atomic E-state index is 0.0851. The van der Waals surface area contributed by atoms with Gasteiger partial charge >= 0.3 is 6.03 Å². The molecule has 0 aliphatic carbocycles. The van der Waals surface area contributed by atoms with Gasteiger partial charge in [0.15, 0.2) is 0 Å². The lowest BCUT2D eigenvalue weighted by Gasteiger charge is -2.30. The van der Waals surface area contributed by atoms with E-state index in [1.165, 1.54) is 11.1 Å². The highest BCUT2D eigenvalue weighted by Crippen LogP contribution is 2.25. The summed E-state index contributed by atoms with van der Waals surface area (Å²) < 4.78 is 0. The predicted molar refractivity (Wildman–Crippen MR) is 75.0 cm³/mol. The average Bonchev–Trinajstić information content (AvgIpc) is 2.82. The molecule has 4 nitrogen and oxygen atoms in total. The molecular weight excluding hydrogens is 238 g/mol. The molecule has 2 aliphatic rings. The van der Waals surface area contributed by atoms with Gasteiger partial charge in [-0.2, -0.15) is 0 Å². The molecule has 102 valence electrons. The normalized spacial score (nSPS) is 27.4. The summed E-state index contributed by atoms with van der Waals surface area (Å²) in [5, 5.41) is 6.49. The highest BCUT2D eigenvalue weighted by atomic mass is 16.2. The van der Waals surface area contributed by atoms with Gasteiger partial charge in [0.2, 0.25) is 0 Å². The fraction of sp³-hybridized carbons (Fsp3) is 0.533. The standard InChI is InChI=1S/C15H21N3O/c1-11-5-2-3-7-13(11)14-10-18(15(19)17-14)12-6-4-8-16-9-12/h2-3,5,7,12,14,16H,4,6,8-10H2,1H3,(H,17,19). The van der Waals surface area contributed by atoms with Crippen LogP contribution in [0.2, 0.25) is 0 Å². The van der Waals surface area contributed by atoms with Crippen LogP contribution in [0.1, 0.15) is 30.0 Å². The van der Waals surface area contributed by atoms with Gasteiger partial charge in [-0.15, -0.1) is 0 Å². The van der Waals surface area contributed by atoms with E-state index in [0.29, 0.717) is 6.04 Å². The number of carbonyl (C=O) groups is 1. The number of amides is 2. The van der Waals surface area contributed by atoms with Crippen LogP contribution in [-0.2, 0) is 0 Å². The van der Waals surface area contributed by atoms with Crippen LogP contribution in [0.25, 0.3) is 0 Å². The number of nitrogens with zero attached hydrogens (tertiary/aromatic N) is 1. The maximum absolute atomic E-state index is 12.2. The van der Waals surface area contributed by atoms with Crippen molar-refractivity contribution in [3.63, 3.8) is 0 Å². The van der Waals surface area contributed by atoms with Crippen molar-refractivity contribution in [3.05, 3.63) is 35.4 Å². The summed E-state index contributed by atoms with van der Waals surface area (Å²) in [7, 11) is 0. The van der Waals surface area contributed by atoms with E-state index in [4.69, 9.17) is 0 Å². The van der Waals surface area contributed by atoms with E-state index in [9.17, 15) is 4.79 Å². The Morgan fingerprint density at radius 3 is 2.89 bits per heavy atom. The first-order valence-electron chi connectivity index (χ1n) is 7.09. The Morgan fingerprint density at radius 1 is 1.32 bits per heavy atom. The first kappa shape index (κ1) is 12.5. The highest BCUT2D eigenvalue weighted by Gasteiger charge is 2.35. The van der Waals surface area contributed by atoms with Gasteiger partial charge in [-0.1, -0.05) is 24.3 Å². The van der Waals surface area contributed by atoms with E-state index in [-0.39, 0.29) is 12.1 Å². The quantitative estimate of drug-likeness (QED) is 0.851. The molecule has 2 fully saturated rings. The van der Waals surface area contributed by atoms with E-state index in [2.05, 4.69) is 29.7 Å². The van der Waals surface area contributed by atoms with Crippen molar-refractivity contribution in [2.75, 3.05) is 19.6 Å². The number of aryl methyl sites for hydroxylation is 1. The third-order valence-corrected chi connectivity index (χ3v) is 4.21. The van der Waals surface area contributed by atoms with Gasteiger partial charge in [-0.05, 0) is 37.4 Å². The maximum Gasteiger partial charge on any atom is 0.318 e. The smallest absolute Gasteiger partial charge is 0.318 e. The second-order valence-corrected chi connectivity index (χ2v) is 5.51. The van der Waals surface area contributed by atoms with Crippen LogP contribution in [0.5, 0.6) is 0 Å². The molecule has 0 bridgehead atoms. The molecule has 0 saturated carbocycles. The van der Waals surface area contributed by atoms with Crippen molar-refractivity contribution < 1.29 is 4.79 Å². The number of piperidine rings is 1. The lowest BCUT2D eigenvalue weighted by Crippen LogP contribution is -2.47. The average molecular weight is 259 g/mol. The van der Waals surface area contributed by atoms with Gasteiger partial charge in [0.05, 0.1) is 6.04 Å². The summed E-state index contributed by atoms with van der Waals surface area (Å²) in [6.07, 6.45) is 2.27. The summed E-state index contributed by atoms with van der Waals surface area (Å²) in [4.78, 5) is 14.2. The number of nitrogens with one attached hydrogen (secondary N) is 2. The van der Waals surface area contributed by atoms with Crippen LogP contribution >= 0.6 is 0 Å². The minimum atomic E-state index is 0.0851. The van der Waals surface area contributed by atoms with Gasteiger partial charge < -0.3 is 15.5 Å². The first-order chi connectivity index (χ1) is 9.25. The Kier molecular flexibility index (Phi) is 3.42. The number of hydrogen-bond acceptors (Lipinski definition) is 2. The second-order valence-electron chi connectivity index (χ2n) is 5.51. The van der Waals surface area contributed by atoms with E-state index in [1.54, 1.807) is 0 Å². The van der Waals surface area contributed by atoms with Crippen LogP contribution in [-0.4, -0.2) is 36.6 Å². The Hall–Kier alpha value is -1.55. The summed E-state index contributed by atoms with van der Waals surface area (Å²) in [5.41, 5.74) is 2.48. The molecule has 2 unspecified atom stereocenters. The number of rotatable bonds is 2. The molecule has 2 saturated heterocycles. The Morgan fingerprint density at radius 2 is 2.16 bits per heavy atom. The fourth-order valence-corrected chi connectivity index (χ4v) is 3.13. The molecule has 4 heteroatoms. The van der Waals surface area contributed by atoms with Crippen molar-refractivity contribution in [2.24, 2.45) is 0 Å². The summed E-state index contributed by atoms with van der Waals surface area (Å²) in [5.74, 6) is 0. The lowest BCUT2D eigenvalue weighted by molar-refractivity contribution is 0.184. The molecule has 0 aromatic heterocycles. The summed E-state index contributed by atoms with van der Waals surface area (Å²) in [6, 6.07) is 8.87. The van der Waals surface area contributed by atoms with Gasteiger partial charge in [-0.3, -0.25) is 0 Å². The molecule has 2 heterocycles. The van der Waals surface area contributed by atoms with Gasteiger partial charge in [0, 0.05) is 19.1 Å². The fourth-order valence-electron chi connectivity index (χ4n) is 3.13. The van der Waals surface area contributed by atoms with Crippen molar-refractivity contribution in [1.82, 2.24) is 15.5 Å². The van der Waals surface area contributed by atoms with E-state index >= 15 is 0 Å². The van der Waals surface area contributed by atoms with Crippen molar-refractivity contribution >= 4 is 6.03 Å². The monoisotopic (exact) mass is 259 g/mol. The van der Waals surface area contributed by atoms with Crippen LogP contribution in [0.3, 0.4) is 0 Å². The number of urea groups is 1. The van der Waals surface area contributed by atoms with Crippen molar-refractivity contribution in [2.45, 2.75) is 31.8 Å². The molecule has 0 radical (unpaired) electrons. The minimum Gasteiger partial charge on any atom is -0.329 e. The van der Waals surface area contributed by atoms with E-state index in [0.717, 1.165) is 32.5 Å². The molecule has 3 rings (SSSR count). The Bertz CT molecular complexity index is 468. The van der Waals surface area contributed by atoms with Gasteiger partial charge in [0.25, 0.3) is 0 Å². The molecule has 0 spiro atoms. The first-order valence-corrected chi connectivity index (χ1v) is 7.09. The van der Waals surface area contributed by atoms with Crippen LogP contribution in [0.4, 0.5) is 4.79 Å². The largest absolute Gasteiger partial charge is 0.329 e. The lowest BCUT2D eigenvalue weighted by atomic mass is 10.0. The molecule has 2 amide bonds. The number of hydrogen-bond donors (Lipinski definition) is 2. The topological polar surface area (TPSA) is 44.4 Å². The molecule has 19 heavy (non-hydrogen) atoms. The summed E-state index contributed by atoms with van der Waals surface area (Å²) in [6.45, 7) is 4.89. The molecule has 2 N–H and O–H groups in total.